The highest BCUT2D eigenvalue weighted by Crippen LogP contribution is 2.23. The molecule has 9 heavy (non-hydrogen) atoms. The van der Waals surface area contributed by atoms with Gasteiger partial charge < -0.3 is 10.2 Å². The Hall–Kier alpha value is -1.18. The predicted molar refractivity (Wildman–Crippen MR) is 33.3 cm³/mol. The monoisotopic (exact) mass is 123 g/mol. The van der Waals surface area contributed by atoms with Crippen LogP contribution < -0.4 is 0 Å². The molecule has 0 aliphatic carbocycles. The largest absolute Gasteiger partial charge is 0.508 e. The number of phenols is 2. The van der Waals surface area contributed by atoms with E-state index < -0.39 is 0 Å². The summed E-state index contributed by atoms with van der Waals surface area (Å²) in [6.45, 7) is 1.63. The second-order valence-electron chi connectivity index (χ2n) is 1.84. The van der Waals surface area contributed by atoms with Crippen LogP contribution in [0.1, 0.15) is 5.56 Å². The summed E-state index contributed by atoms with van der Waals surface area (Å²) in [5, 5.41) is 17.8. The van der Waals surface area contributed by atoms with E-state index in [9.17, 15) is 0 Å². The molecule has 0 saturated carbocycles. The standard InChI is InChI=1S/C7H7O2/c1-5-6(8)3-2-4-7(5)9/h2-3,8-9H,1H3. The van der Waals surface area contributed by atoms with Crippen molar-refractivity contribution in [2.24, 2.45) is 0 Å². The molecule has 0 saturated heterocycles. The molecule has 1 radical (unpaired) electrons. The molecule has 1 rings (SSSR count). The van der Waals surface area contributed by atoms with Crippen molar-refractivity contribution >= 4 is 0 Å². The Morgan fingerprint density at radius 2 is 2.11 bits per heavy atom. The van der Waals surface area contributed by atoms with Crippen molar-refractivity contribution in [3.63, 3.8) is 0 Å². The Bertz CT molecular complexity index is 198. The third kappa shape index (κ3) is 0.964. The fourth-order valence-corrected chi connectivity index (χ4v) is 0.554. The summed E-state index contributed by atoms with van der Waals surface area (Å²) >= 11 is 0. The predicted octanol–water partition coefficient (Wildman–Crippen LogP) is 1.21. The molecule has 0 aliphatic rings. The molecule has 0 heterocycles. The van der Waals surface area contributed by atoms with E-state index in [2.05, 4.69) is 6.07 Å². The van der Waals surface area contributed by atoms with Crippen LogP contribution in [0.25, 0.3) is 0 Å². The normalized spacial score (nSPS) is 9.44. The van der Waals surface area contributed by atoms with Gasteiger partial charge >= 0.3 is 0 Å². The molecular weight excluding hydrogens is 116 g/mol. The lowest BCUT2D eigenvalue weighted by atomic mass is 10.2. The summed E-state index contributed by atoms with van der Waals surface area (Å²) in [4.78, 5) is 0. The van der Waals surface area contributed by atoms with Crippen LogP contribution >= 0.6 is 0 Å². The van der Waals surface area contributed by atoms with E-state index in [0.29, 0.717) is 5.56 Å². The topological polar surface area (TPSA) is 40.5 Å². The Kier molecular flexibility index (Phi) is 1.30. The van der Waals surface area contributed by atoms with Crippen LogP contribution in [0, 0.1) is 13.0 Å². The summed E-state index contributed by atoms with van der Waals surface area (Å²) < 4.78 is 0. The number of aromatic hydroxyl groups is 2. The lowest BCUT2D eigenvalue weighted by molar-refractivity contribution is 0.442. The molecule has 0 amide bonds. The summed E-state index contributed by atoms with van der Waals surface area (Å²) in [5.41, 5.74) is 0.470. The van der Waals surface area contributed by atoms with Crippen LogP contribution in [0.3, 0.4) is 0 Å². The summed E-state index contributed by atoms with van der Waals surface area (Å²) in [6, 6.07) is 5.49. The molecule has 2 heteroatoms. The molecule has 2 nitrogen and oxygen atoms in total. The summed E-state index contributed by atoms with van der Waals surface area (Å²) in [7, 11) is 0. The van der Waals surface area contributed by atoms with Gasteiger partial charge in [-0.05, 0) is 19.1 Å². The molecule has 0 spiro atoms. The first-order valence-electron chi connectivity index (χ1n) is 2.61. The second kappa shape index (κ2) is 1.97. The average Bonchev–Trinajstić information content (AvgIpc) is 1.83. The quantitative estimate of drug-likeness (QED) is 0.544. The van der Waals surface area contributed by atoms with Gasteiger partial charge in [0.05, 0.1) is 0 Å². The zero-order chi connectivity index (χ0) is 6.85. The van der Waals surface area contributed by atoms with Crippen molar-refractivity contribution in [1.29, 1.82) is 0 Å². The van der Waals surface area contributed by atoms with Crippen LogP contribution in [0.5, 0.6) is 11.5 Å². The highest BCUT2D eigenvalue weighted by Gasteiger charge is 1.97. The number of hydrogen-bond donors (Lipinski definition) is 2. The number of rotatable bonds is 0. The molecule has 1 aromatic rings. The highest BCUT2D eigenvalue weighted by atomic mass is 16.3. The van der Waals surface area contributed by atoms with Crippen LogP contribution in [0.2, 0.25) is 0 Å². The van der Waals surface area contributed by atoms with E-state index in [1.54, 1.807) is 6.92 Å². The number of phenolic OH excluding ortho intramolecular Hbond substituents is 2. The molecule has 0 aromatic heterocycles. The van der Waals surface area contributed by atoms with Gasteiger partial charge in [-0.1, -0.05) is 0 Å². The Labute approximate surface area is 53.4 Å². The van der Waals surface area contributed by atoms with Gasteiger partial charge in [0, 0.05) is 11.6 Å². The Morgan fingerprint density at radius 3 is 2.56 bits per heavy atom. The van der Waals surface area contributed by atoms with Gasteiger partial charge in [-0.15, -0.1) is 0 Å². The maximum absolute atomic E-state index is 8.92. The van der Waals surface area contributed by atoms with E-state index in [1.807, 2.05) is 0 Å². The molecule has 47 valence electrons. The van der Waals surface area contributed by atoms with Crippen molar-refractivity contribution in [3.05, 3.63) is 23.8 Å². The van der Waals surface area contributed by atoms with E-state index in [4.69, 9.17) is 10.2 Å². The molecular formula is C7H7O2. The van der Waals surface area contributed by atoms with Gasteiger partial charge in [0.2, 0.25) is 0 Å². The molecule has 0 fully saturated rings. The Morgan fingerprint density at radius 1 is 1.44 bits per heavy atom. The lowest BCUT2D eigenvalue weighted by Gasteiger charge is -1.97. The maximum Gasteiger partial charge on any atom is 0.130 e. The molecule has 0 bridgehead atoms. The zero-order valence-corrected chi connectivity index (χ0v) is 5.05. The van der Waals surface area contributed by atoms with Crippen molar-refractivity contribution < 1.29 is 10.2 Å². The molecule has 2 N–H and O–H groups in total. The molecule has 1 aromatic carbocycles. The minimum absolute atomic E-state index is 0.00926. The van der Waals surface area contributed by atoms with Crippen LogP contribution in [0.15, 0.2) is 12.1 Å². The van der Waals surface area contributed by atoms with Crippen LogP contribution in [-0.4, -0.2) is 10.2 Å². The fourth-order valence-electron chi connectivity index (χ4n) is 0.554. The number of benzene rings is 1. The van der Waals surface area contributed by atoms with Crippen molar-refractivity contribution in [1.82, 2.24) is 0 Å². The fraction of sp³-hybridized carbons (Fsp3) is 0.143. The van der Waals surface area contributed by atoms with E-state index in [1.165, 1.54) is 12.1 Å². The van der Waals surface area contributed by atoms with Gasteiger partial charge in [0.25, 0.3) is 0 Å². The molecule has 0 aliphatic heterocycles. The minimum Gasteiger partial charge on any atom is -0.508 e. The second-order valence-corrected chi connectivity index (χ2v) is 1.84. The van der Waals surface area contributed by atoms with Crippen molar-refractivity contribution in [3.8, 4) is 11.5 Å². The smallest absolute Gasteiger partial charge is 0.130 e. The Balaban J connectivity index is 3.25. The first-order chi connectivity index (χ1) is 4.22. The van der Waals surface area contributed by atoms with Gasteiger partial charge in [-0.25, -0.2) is 0 Å². The van der Waals surface area contributed by atoms with E-state index in [0.717, 1.165) is 0 Å². The van der Waals surface area contributed by atoms with E-state index >= 15 is 0 Å². The minimum atomic E-state index is 0.00926. The third-order valence-corrected chi connectivity index (χ3v) is 1.20. The molecule has 0 atom stereocenters. The van der Waals surface area contributed by atoms with Crippen LogP contribution in [-0.2, 0) is 0 Å². The average molecular weight is 123 g/mol. The summed E-state index contributed by atoms with van der Waals surface area (Å²) in [6.07, 6.45) is 0. The zero-order valence-electron chi connectivity index (χ0n) is 5.05. The van der Waals surface area contributed by atoms with Crippen LogP contribution in [0.4, 0.5) is 0 Å². The first kappa shape index (κ1) is 5.95. The van der Waals surface area contributed by atoms with Crippen molar-refractivity contribution in [2.45, 2.75) is 6.92 Å². The van der Waals surface area contributed by atoms with Gasteiger partial charge in [0.15, 0.2) is 0 Å². The van der Waals surface area contributed by atoms with Gasteiger partial charge in [-0.2, -0.15) is 0 Å². The number of hydrogen-bond acceptors (Lipinski definition) is 2. The van der Waals surface area contributed by atoms with Gasteiger partial charge in [0.1, 0.15) is 11.5 Å². The highest BCUT2D eigenvalue weighted by molar-refractivity contribution is 5.40. The first-order valence-corrected chi connectivity index (χ1v) is 2.61. The summed E-state index contributed by atoms with van der Waals surface area (Å²) in [5.74, 6) is 0.112. The lowest BCUT2D eigenvalue weighted by Crippen LogP contribution is -1.73. The van der Waals surface area contributed by atoms with Crippen molar-refractivity contribution in [2.75, 3.05) is 0 Å². The van der Waals surface area contributed by atoms with Gasteiger partial charge in [-0.3, -0.25) is 0 Å². The van der Waals surface area contributed by atoms with E-state index in [-0.39, 0.29) is 11.5 Å². The molecule has 0 unspecified atom stereocenters. The maximum atomic E-state index is 8.92. The third-order valence-electron chi connectivity index (χ3n) is 1.20. The SMILES string of the molecule is Cc1c(O)[c]ccc1O.